The number of ether oxygens (including phenoxy) is 1. The summed E-state index contributed by atoms with van der Waals surface area (Å²) in [4.78, 5) is 27.0. The lowest BCUT2D eigenvalue weighted by Gasteiger charge is -2.30. The molecule has 0 saturated heterocycles. The Balaban J connectivity index is 1.40. The van der Waals surface area contributed by atoms with Crippen LogP contribution >= 0.6 is 0 Å². The predicted octanol–water partition coefficient (Wildman–Crippen LogP) is 5.64. The minimum atomic E-state index is -0.895. The highest BCUT2D eigenvalue weighted by molar-refractivity contribution is 5.94. The second-order valence-electron chi connectivity index (χ2n) is 11.0. The fourth-order valence-electron chi connectivity index (χ4n) is 6.11. The maximum atomic E-state index is 15.0. The number of amides is 1. The summed E-state index contributed by atoms with van der Waals surface area (Å²) in [6, 6.07) is 14.5. The van der Waals surface area contributed by atoms with Crippen molar-refractivity contribution in [2.45, 2.75) is 64.5 Å². The number of carboxylic acid groups (broad SMARTS) is 1. The predicted molar refractivity (Wildman–Crippen MR) is 152 cm³/mol. The standard InChI is InChI=1S/C32H33FN4O4/c1-20-25-10-11-29-31(20)34-35-37(29)13-4-2-3-5-15-41-24-8-9-26(28(33)17-24)32(40)36-14-12-21-6-7-22(16-23(21)19-36)27(25)18-30(38)39/h6-11,16-17,27H,2-5,12-15,18-19H2,1H3,(H,38,39). The maximum absolute atomic E-state index is 15.0. The molecule has 0 spiro atoms. The summed E-state index contributed by atoms with van der Waals surface area (Å²) in [6.07, 6.45) is 4.27. The molecule has 1 unspecified atom stereocenters. The van der Waals surface area contributed by atoms with Gasteiger partial charge in [-0.15, -0.1) is 5.10 Å². The van der Waals surface area contributed by atoms with Crippen LogP contribution in [0.4, 0.5) is 4.39 Å². The zero-order chi connectivity index (χ0) is 28.5. The van der Waals surface area contributed by atoms with Crippen LogP contribution in [0.3, 0.4) is 0 Å². The largest absolute Gasteiger partial charge is 0.493 e. The van der Waals surface area contributed by atoms with Gasteiger partial charge in [-0.25, -0.2) is 9.07 Å². The van der Waals surface area contributed by atoms with E-state index in [-0.39, 0.29) is 17.9 Å². The highest BCUT2D eigenvalue weighted by Crippen LogP contribution is 2.35. The molecule has 6 heterocycles. The number of benzene rings is 3. The zero-order valence-corrected chi connectivity index (χ0v) is 23.1. The highest BCUT2D eigenvalue weighted by Gasteiger charge is 2.27. The number of nitrogens with zero attached hydrogens (tertiary/aromatic N) is 4. The number of halogens is 1. The van der Waals surface area contributed by atoms with Crippen LogP contribution in [0.25, 0.3) is 11.0 Å². The smallest absolute Gasteiger partial charge is 0.304 e. The van der Waals surface area contributed by atoms with Crippen molar-refractivity contribution in [2.24, 2.45) is 0 Å². The van der Waals surface area contributed by atoms with E-state index < -0.39 is 17.7 Å². The van der Waals surface area contributed by atoms with Gasteiger partial charge in [0.2, 0.25) is 0 Å². The van der Waals surface area contributed by atoms with Crippen molar-refractivity contribution in [3.63, 3.8) is 0 Å². The molecular weight excluding hydrogens is 523 g/mol. The first-order chi connectivity index (χ1) is 19.9. The average Bonchev–Trinajstić information content (AvgIpc) is 3.38. The van der Waals surface area contributed by atoms with Gasteiger partial charge in [0.05, 0.1) is 24.1 Å². The molecule has 0 aliphatic carbocycles. The van der Waals surface area contributed by atoms with Gasteiger partial charge in [-0.2, -0.15) is 0 Å². The molecule has 0 radical (unpaired) electrons. The van der Waals surface area contributed by atoms with E-state index in [1.807, 2.05) is 41.9 Å². The van der Waals surface area contributed by atoms with Crippen LogP contribution in [0, 0.1) is 12.7 Å². The number of carbonyl (C=O) groups is 2. The van der Waals surface area contributed by atoms with E-state index in [0.717, 1.165) is 71.1 Å². The Kier molecular flexibility index (Phi) is 7.43. The van der Waals surface area contributed by atoms with Gasteiger partial charge in [-0.3, -0.25) is 9.59 Å². The Morgan fingerprint density at radius 2 is 1.90 bits per heavy atom. The van der Waals surface area contributed by atoms with Crippen LogP contribution < -0.4 is 4.74 Å². The Morgan fingerprint density at radius 3 is 2.73 bits per heavy atom. The second-order valence-corrected chi connectivity index (χ2v) is 11.0. The van der Waals surface area contributed by atoms with E-state index in [0.29, 0.717) is 31.9 Å². The van der Waals surface area contributed by atoms with Crippen LogP contribution in [0.1, 0.15) is 76.2 Å². The van der Waals surface area contributed by atoms with E-state index >= 15 is 4.39 Å². The number of aromatic nitrogens is 3. The monoisotopic (exact) mass is 556 g/mol. The van der Waals surface area contributed by atoms with Gasteiger partial charge in [0, 0.05) is 31.6 Å². The van der Waals surface area contributed by atoms with E-state index in [1.165, 1.54) is 12.1 Å². The number of carbonyl (C=O) groups excluding carboxylic acids is 1. The lowest BCUT2D eigenvalue weighted by Crippen LogP contribution is -2.36. The molecule has 9 heteroatoms. The first-order valence-corrected chi connectivity index (χ1v) is 14.3. The van der Waals surface area contributed by atoms with Crippen LogP contribution in [-0.4, -0.2) is 50.0 Å². The van der Waals surface area contributed by atoms with Gasteiger partial charge in [-0.05, 0) is 78.6 Å². The lowest BCUT2D eigenvalue weighted by molar-refractivity contribution is -0.137. The molecule has 8 nitrogen and oxygen atoms in total. The maximum Gasteiger partial charge on any atom is 0.304 e. The van der Waals surface area contributed by atoms with Crippen molar-refractivity contribution in [2.75, 3.05) is 13.2 Å². The molecule has 9 rings (SSSR count). The Bertz CT molecular complexity index is 1630. The third kappa shape index (κ3) is 5.40. The number of carboxylic acids is 1. The Morgan fingerprint density at radius 1 is 1.05 bits per heavy atom. The van der Waals surface area contributed by atoms with Crippen LogP contribution in [-0.2, 0) is 24.3 Å². The average molecular weight is 557 g/mol. The van der Waals surface area contributed by atoms with Gasteiger partial charge in [0.15, 0.2) is 0 Å². The van der Waals surface area contributed by atoms with Crippen molar-refractivity contribution >= 4 is 22.9 Å². The van der Waals surface area contributed by atoms with Gasteiger partial charge in [0.1, 0.15) is 17.1 Å². The molecule has 41 heavy (non-hydrogen) atoms. The van der Waals surface area contributed by atoms with Crippen molar-refractivity contribution in [1.82, 2.24) is 19.9 Å². The molecule has 4 aromatic rings. The van der Waals surface area contributed by atoms with Crippen molar-refractivity contribution in [3.05, 3.63) is 87.7 Å². The summed E-state index contributed by atoms with van der Waals surface area (Å²) < 4.78 is 22.7. The van der Waals surface area contributed by atoms with Crippen molar-refractivity contribution in [1.29, 1.82) is 0 Å². The summed E-state index contributed by atoms with van der Waals surface area (Å²) >= 11 is 0. The van der Waals surface area contributed by atoms with Crippen LogP contribution in [0.5, 0.6) is 5.75 Å². The van der Waals surface area contributed by atoms with E-state index in [4.69, 9.17) is 4.74 Å². The Labute approximate surface area is 237 Å². The summed E-state index contributed by atoms with van der Waals surface area (Å²) in [6.45, 7) is 3.99. The number of aryl methyl sites for hydroxylation is 2. The SMILES string of the molecule is Cc1c2ccc3c1nnn3CCCCCCOc1ccc(c(F)c1)C(=O)N1CCc3ccc(cc3C1)C2CC(=O)O. The Hall–Kier alpha value is -4.27. The topological polar surface area (TPSA) is 97.5 Å². The summed E-state index contributed by atoms with van der Waals surface area (Å²) in [5.74, 6) is -1.84. The summed E-state index contributed by atoms with van der Waals surface area (Å²) in [5, 5.41) is 18.7. The molecule has 1 amide bonds. The van der Waals surface area contributed by atoms with E-state index in [2.05, 4.69) is 10.3 Å². The summed E-state index contributed by atoms with van der Waals surface area (Å²) in [7, 11) is 0. The molecule has 1 aromatic heterocycles. The van der Waals surface area contributed by atoms with Crippen molar-refractivity contribution < 1.29 is 23.8 Å². The fourth-order valence-corrected chi connectivity index (χ4v) is 6.11. The molecule has 1 N–H and O–H groups in total. The van der Waals surface area contributed by atoms with Gasteiger partial charge < -0.3 is 14.7 Å². The molecule has 1 atom stereocenters. The molecule has 212 valence electrons. The van der Waals surface area contributed by atoms with Gasteiger partial charge in [0.25, 0.3) is 5.91 Å². The van der Waals surface area contributed by atoms with E-state index in [1.54, 1.807) is 11.0 Å². The quantitative estimate of drug-likeness (QED) is 0.343. The molecule has 0 fully saturated rings. The second kappa shape index (κ2) is 11.3. The molecular formula is C32H33FN4O4. The molecule has 5 aliphatic rings. The number of hydrogen-bond donors (Lipinski definition) is 1. The molecule has 9 bridgehead atoms. The molecule has 5 aliphatic heterocycles. The first-order valence-electron chi connectivity index (χ1n) is 14.3. The van der Waals surface area contributed by atoms with Gasteiger partial charge >= 0.3 is 5.97 Å². The highest BCUT2D eigenvalue weighted by atomic mass is 19.1. The lowest BCUT2D eigenvalue weighted by atomic mass is 9.83. The normalized spacial score (nSPS) is 17.9. The minimum Gasteiger partial charge on any atom is -0.493 e. The number of hydrogen-bond acceptors (Lipinski definition) is 5. The summed E-state index contributed by atoms with van der Waals surface area (Å²) in [5.41, 5.74) is 6.48. The van der Waals surface area contributed by atoms with Crippen LogP contribution in [0.15, 0.2) is 48.5 Å². The zero-order valence-electron chi connectivity index (χ0n) is 23.1. The minimum absolute atomic E-state index is 0.0236. The van der Waals surface area contributed by atoms with E-state index in [9.17, 15) is 14.7 Å². The molecule has 0 saturated carbocycles. The first kappa shape index (κ1) is 26.9. The number of rotatable bonds is 2. The van der Waals surface area contributed by atoms with Crippen LogP contribution in [0.2, 0.25) is 0 Å². The van der Waals surface area contributed by atoms with Gasteiger partial charge in [-0.1, -0.05) is 35.9 Å². The fraction of sp³-hybridized carbons (Fsp3) is 0.375. The molecule has 3 aromatic carbocycles. The van der Waals surface area contributed by atoms with Crippen molar-refractivity contribution in [3.8, 4) is 5.75 Å². The third-order valence-electron chi connectivity index (χ3n) is 8.37. The number of aliphatic carboxylic acids is 1. The third-order valence-corrected chi connectivity index (χ3v) is 8.37.